The predicted octanol–water partition coefficient (Wildman–Crippen LogP) is 0.560. The lowest BCUT2D eigenvalue weighted by Gasteiger charge is -2.28. The van der Waals surface area contributed by atoms with Crippen LogP contribution in [0, 0.1) is 0 Å². The molecule has 2 saturated heterocycles. The lowest BCUT2D eigenvalue weighted by atomic mass is 10.1. The minimum Gasteiger partial charge on any atom is -0.481 e. The molecule has 0 aromatic carbocycles. The van der Waals surface area contributed by atoms with Gasteiger partial charge in [-0.1, -0.05) is 0 Å². The minimum atomic E-state index is -3.15. The average Bonchev–Trinajstić information content (AvgIpc) is 2.80. The van der Waals surface area contributed by atoms with Gasteiger partial charge in [0, 0.05) is 6.42 Å². The van der Waals surface area contributed by atoms with Crippen LogP contribution in [0.5, 0.6) is 0 Å². The Morgan fingerprint density at radius 2 is 2.22 bits per heavy atom. The average molecular weight is 278 g/mol. The van der Waals surface area contributed by atoms with E-state index < -0.39 is 26.8 Å². The van der Waals surface area contributed by atoms with Crippen molar-refractivity contribution in [2.75, 3.05) is 12.4 Å². The molecule has 1 N–H and O–H groups in total. The van der Waals surface area contributed by atoms with Crippen molar-refractivity contribution in [1.29, 1.82) is 0 Å². The lowest BCUT2D eigenvalue weighted by Crippen LogP contribution is -2.43. The normalized spacial score (nSPS) is 38.9. The van der Waals surface area contributed by atoms with Gasteiger partial charge in [0.2, 0.25) is 0 Å². The summed E-state index contributed by atoms with van der Waals surface area (Å²) in [4.78, 5) is 10.5. The Kier molecular flexibility index (Phi) is 3.66. The molecule has 104 valence electrons. The van der Waals surface area contributed by atoms with Gasteiger partial charge in [0.1, 0.15) is 5.25 Å². The molecule has 3 atom stereocenters. The first kappa shape index (κ1) is 13.8. The third-order valence-electron chi connectivity index (χ3n) is 3.55. The Hall–Kier alpha value is -0.660. The van der Waals surface area contributed by atoms with Crippen LogP contribution in [0.25, 0.3) is 0 Å². The summed E-state index contributed by atoms with van der Waals surface area (Å²) >= 11 is 0. The van der Waals surface area contributed by atoms with Crippen molar-refractivity contribution in [1.82, 2.24) is 0 Å². The first-order valence-corrected chi connectivity index (χ1v) is 7.80. The van der Waals surface area contributed by atoms with Crippen molar-refractivity contribution in [3.05, 3.63) is 0 Å². The highest BCUT2D eigenvalue weighted by molar-refractivity contribution is 7.92. The highest BCUT2D eigenvalue weighted by atomic mass is 32.2. The summed E-state index contributed by atoms with van der Waals surface area (Å²) in [5, 5.41) is 7.98. The molecule has 0 bridgehead atoms. The molecule has 0 radical (unpaired) electrons. The van der Waals surface area contributed by atoms with Gasteiger partial charge in [-0.25, -0.2) is 8.42 Å². The van der Waals surface area contributed by atoms with Crippen LogP contribution in [0.2, 0.25) is 0 Å². The van der Waals surface area contributed by atoms with Crippen LogP contribution in [0.15, 0.2) is 0 Å². The molecule has 2 fully saturated rings. The van der Waals surface area contributed by atoms with E-state index in [4.69, 9.17) is 14.6 Å². The zero-order valence-electron chi connectivity index (χ0n) is 10.3. The molecule has 2 heterocycles. The summed E-state index contributed by atoms with van der Waals surface area (Å²) in [5.74, 6) is -1.82. The van der Waals surface area contributed by atoms with E-state index in [2.05, 4.69) is 0 Å². The van der Waals surface area contributed by atoms with Crippen LogP contribution in [0.1, 0.15) is 32.6 Å². The minimum absolute atomic E-state index is 0.00151. The fraction of sp³-hybridized carbons (Fsp3) is 0.909. The second-order valence-corrected chi connectivity index (χ2v) is 7.30. The quantitative estimate of drug-likeness (QED) is 0.808. The highest BCUT2D eigenvalue weighted by Gasteiger charge is 2.51. The van der Waals surface area contributed by atoms with Crippen LogP contribution < -0.4 is 0 Å². The third-order valence-corrected chi connectivity index (χ3v) is 5.94. The monoisotopic (exact) mass is 278 g/mol. The van der Waals surface area contributed by atoms with Gasteiger partial charge >= 0.3 is 5.97 Å². The van der Waals surface area contributed by atoms with Crippen molar-refractivity contribution in [2.24, 2.45) is 0 Å². The maximum atomic E-state index is 11.9. The highest BCUT2D eigenvalue weighted by Crippen LogP contribution is 2.37. The van der Waals surface area contributed by atoms with Crippen molar-refractivity contribution in [2.45, 2.75) is 49.7 Å². The largest absolute Gasteiger partial charge is 0.481 e. The zero-order chi connectivity index (χ0) is 13.4. The summed E-state index contributed by atoms with van der Waals surface area (Å²) in [5.41, 5.74) is 0. The topological polar surface area (TPSA) is 89.9 Å². The lowest BCUT2D eigenvalue weighted by molar-refractivity contribution is -0.156. The van der Waals surface area contributed by atoms with E-state index >= 15 is 0 Å². The molecule has 6 nitrogen and oxygen atoms in total. The van der Waals surface area contributed by atoms with E-state index in [1.165, 1.54) is 0 Å². The molecular weight excluding hydrogens is 260 g/mol. The number of carbonyl (C=O) groups is 1. The summed E-state index contributed by atoms with van der Waals surface area (Å²) in [7, 11) is -3.15. The molecule has 18 heavy (non-hydrogen) atoms. The maximum absolute atomic E-state index is 11.9. The van der Waals surface area contributed by atoms with Gasteiger partial charge in [0.15, 0.2) is 15.6 Å². The molecular formula is C11H18O6S. The second-order valence-electron chi connectivity index (χ2n) is 5.00. The number of hydrogen-bond donors (Lipinski definition) is 1. The van der Waals surface area contributed by atoms with Crippen molar-refractivity contribution in [3.8, 4) is 0 Å². The van der Waals surface area contributed by atoms with Gasteiger partial charge in [-0.15, -0.1) is 0 Å². The molecule has 0 spiro atoms. The summed E-state index contributed by atoms with van der Waals surface area (Å²) in [6.45, 7) is 1.90. The molecule has 3 unspecified atom stereocenters. The number of hydrogen-bond acceptors (Lipinski definition) is 5. The Bertz CT molecular complexity index is 431. The third kappa shape index (κ3) is 2.67. The van der Waals surface area contributed by atoms with Crippen LogP contribution in [-0.4, -0.2) is 49.0 Å². The van der Waals surface area contributed by atoms with Crippen LogP contribution in [-0.2, 0) is 24.1 Å². The number of sulfone groups is 1. The summed E-state index contributed by atoms with van der Waals surface area (Å²) in [6.07, 6.45) is 1.20. The van der Waals surface area contributed by atoms with E-state index in [1.54, 1.807) is 6.92 Å². The van der Waals surface area contributed by atoms with Crippen LogP contribution >= 0.6 is 0 Å². The molecule has 2 rings (SSSR count). The Labute approximate surface area is 106 Å². The molecule has 2 aliphatic rings. The first-order valence-electron chi connectivity index (χ1n) is 6.09. The number of aliphatic carboxylic acids is 1. The van der Waals surface area contributed by atoms with Crippen LogP contribution in [0.4, 0.5) is 0 Å². The first-order chi connectivity index (χ1) is 8.33. The van der Waals surface area contributed by atoms with Crippen molar-refractivity contribution < 1.29 is 27.8 Å². The van der Waals surface area contributed by atoms with Crippen molar-refractivity contribution >= 4 is 15.8 Å². The van der Waals surface area contributed by atoms with Crippen LogP contribution in [0.3, 0.4) is 0 Å². The van der Waals surface area contributed by atoms with Crippen molar-refractivity contribution in [3.63, 3.8) is 0 Å². The fourth-order valence-electron chi connectivity index (χ4n) is 2.63. The number of carboxylic acids is 1. The second kappa shape index (κ2) is 4.79. The molecule has 7 heteroatoms. The number of carboxylic acid groups (broad SMARTS) is 1. The molecule has 0 aliphatic carbocycles. The molecule has 2 aliphatic heterocycles. The zero-order valence-corrected chi connectivity index (χ0v) is 11.1. The maximum Gasteiger partial charge on any atom is 0.303 e. The van der Waals surface area contributed by atoms with E-state index in [1.807, 2.05) is 0 Å². The van der Waals surface area contributed by atoms with E-state index in [-0.39, 0.29) is 24.9 Å². The van der Waals surface area contributed by atoms with E-state index in [0.717, 1.165) is 0 Å². The SMILES string of the molecule is CC1(C2CCCS2(=O)=O)OCC(CCC(=O)O)O1. The fourth-order valence-corrected chi connectivity index (χ4v) is 4.79. The smallest absolute Gasteiger partial charge is 0.303 e. The van der Waals surface area contributed by atoms with Gasteiger partial charge in [-0.3, -0.25) is 4.79 Å². The predicted molar refractivity (Wildman–Crippen MR) is 62.9 cm³/mol. The molecule has 0 amide bonds. The standard InChI is InChI=1S/C11H18O6S/c1-11(9-3-2-6-18(9,14)15)16-7-8(17-11)4-5-10(12)13/h8-9H,2-7H2,1H3,(H,12,13). The summed E-state index contributed by atoms with van der Waals surface area (Å²) < 4.78 is 34.9. The van der Waals surface area contributed by atoms with Gasteiger partial charge in [-0.05, 0) is 26.2 Å². The van der Waals surface area contributed by atoms with Gasteiger partial charge in [0.25, 0.3) is 0 Å². The Morgan fingerprint density at radius 3 is 2.78 bits per heavy atom. The Morgan fingerprint density at radius 1 is 1.50 bits per heavy atom. The summed E-state index contributed by atoms with van der Waals surface area (Å²) in [6, 6.07) is 0. The van der Waals surface area contributed by atoms with Gasteiger partial charge in [0.05, 0.1) is 18.5 Å². The van der Waals surface area contributed by atoms with E-state index in [9.17, 15) is 13.2 Å². The van der Waals surface area contributed by atoms with Gasteiger partial charge < -0.3 is 14.6 Å². The van der Waals surface area contributed by atoms with E-state index in [0.29, 0.717) is 19.3 Å². The molecule has 0 aromatic heterocycles. The number of ether oxygens (including phenoxy) is 2. The molecule has 0 saturated carbocycles. The van der Waals surface area contributed by atoms with Gasteiger partial charge in [-0.2, -0.15) is 0 Å². The Balaban J connectivity index is 2.00. The molecule has 0 aromatic rings. The number of rotatable bonds is 4.